The number of carbonyl (C=O) groups excluding carboxylic acids is 2. The van der Waals surface area contributed by atoms with Gasteiger partial charge in [-0.05, 0) is 24.3 Å². The van der Waals surface area contributed by atoms with E-state index in [1.165, 1.54) is 36.2 Å². The highest BCUT2D eigenvalue weighted by Crippen LogP contribution is 2.15. The van der Waals surface area contributed by atoms with Crippen LogP contribution in [0, 0.1) is 5.82 Å². The normalized spacial score (nSPS) is 16.4. The number of carbonyl (C=O) groups is 2. The molecule has 1 saturated heterocycles. The Morgan fingerprint density at radius 1 is 1.25 bits per heavy atom. The molecule has 1 N–H and O–H groups in total. The lowest BCUT2D eigenvalue weighted by Gasteiger charge is -2.32. The van der Waals surface area contributed by atoms with Crippen molar-refractivity contribution in [2.45, 2.75) is 0 Å². The fourth-order valence-corrected chi connectivity index (χ4v) is 1.39. The molecule has 0 atom stereocenters. The molecule has 0 radical (unpaired) electrons. The molecule has 84 valence electrons. The van der Waals surface area contributed by atoms with Crippen LogP contribution >= 0.6 is 0 Å². The molecular weight excluding hydrogens is 213 g/mol. The van der Waals surface area contributed by atoms with Crippen molar-refractivity contribution in [3.05, 3.63) is 30.1 Å². The van der Waals surface area contributed by atoms with Gasteiger partial charge in [0, 0.05) is 7.05 Å². The molecule has 1 aromatic rings. The predicted molar refractivity (Wildman–Crippen MR) is 55.0 cm³/mol. The Morgan fingerprint density at radius 2 is 1.88 bits per heavy atom. The summed E-state index contributed by atoms with van der Waals surface area (Å²) >= 11 is 0. The van der Waals surface area contributed by atoms with E-state index in [0.29, 0.717) is 5.69 Å². The topological polar surface area (TPSA) is 52.7 Å². The average Bonchev–Trinajstić information content (AvgIpc) is 2.25. The van der Waals surface area contributed by atoms with Gasteiger partial charge >= 0.3 is 6.03 Å². The van der Waals surface area contributed by atoms with Gasteiger partial charge in [-0.25, -0.2) is 19.6 Å². The molecule has 1 heterocycles. The van der Waals surface area contributed by atoms with Gasteiger partial charge in [-0.3, -0.25) is 4.79 Å². The molecular formula is C10H10FN3O2. The van der Waals surface area contributed by atoms with Crippen LogP contribution in [-0.4, -0.2) is 30.4 Å². The van der Waals surface area contributed by atoms with E-state index in [4.69, 9.17) is 0 Å². The molecule has 6 heteroatoms. The van der Waals surface area contributed by atoms with Crippen LogP contribution in [0.1, 0.15) is 0 Å². The second-order valence-corrected chi connectivity index (χ2v) is 3.48. The van der Waals surface area contributed by atoms with Crippen LogP contribution in [0.2, 0.25) is 0 Å². The second-order valence-electron chi connectivity index (χ2n) is 3.48. The van der Waals surface area contributed by atoms with Crippen LogP contribution in [-0.2, 0) is 4.79 Å². The highest BCUT2D eigenvalue weighted by molar-refractivity contribution is 6.01. The molecule has 0 spiro atoms. The largest absolute Gasteiger partial charge is 0.336 e. The van der Waals surface area contributed by atoms with Gasteiger partial charge in [-0.1, -0.05) is 0 Å². The van der Waals surface area contributed by atoms with Crippen molar-refractivity contribution in [3.8, 4) is 0 Å². The monoisotopic (exact) mass is 223 g/mol. The van der Waals surface area contributed by atoms with Crippen LogP contribution in [0.3, 0.4) is 0 Å². The van der Waals surface area contributed by atoms with Gasteiger partial charge in [-0.2, -0.15) is 0 Å². The summed E-state index contributed by atoms with van der Waals surface area (Å²) < 4.78 is 12.7. The Bertz CT molecular complexity index is 432. The predicted octanol–water partition coefficient (Wildman–Crippen LogP) is 0.729. The first-order chi connectivity index (χ1) is 7.58. The van der Waals surface area contributed by atoms with E-state index in [9.17, 15) is 14.0 Å². The van der Waals surface area contributed by atoms with Crippen molar-refractivity contribution in [2.75, 3.05) is 18.6 Å². The zero-order valence-electron chi connectivity index (χ0n) is 8.61. The Morgan fingerprint density at radius 3 is 2.50 bits per heavy atom. The molecule has 1 aromatic carbocycles. The number of hydrazine groups is 1. The molecule has 0 saturated carbocycles. The second kappa shape index (κ2) is 3.80. The fourth-order valence-electron chi connectivity index (χ4n) is 1.39. The number of rotatable bonds is 1. The van der Waals surface area contributed by atoms with Crippen molar-refractivity contribution >= 4 is 17.6 Å². The Hall–Kier alpha value is -2.11. The summed E-state index contributed by atoms with van der Waals surface area (Å²) in [7, 11) is 1.52. The molecule has 5 nitrogen and oxygen atoms in total. The number of urea groups is 1. The molecule has 1 aliphatic rings. The van der Waals surface area contributed by atoms with E-state index in [-0.39, 0.29) is 18.5 Å². The third-order valence-electron chi connectivity index (χ3n) is 2.26. The maximum Gasteiger partial charge on any atom is 0.336 e. The van der Waals surface area contributed by atoms with Gasteiger partial charge < -0.3 is 4.90 Å². The third kappa shape index (κ3) is 1.81. The van der Waals surface area contributed by atoms with Crippen molar-refractivity contribution in [1.29, 1.82) is 0 Å². The van der Waals surface area contributed by atoms with Crippen LogP contribution in [0.4, 0.5) is 14.9 Å². The summed E-state index contributed by atoms with van der Waals surface area (Å²) in [5, 5.41) is 1.11. The van der Waals surface area contributed by atoms with Gasteiger partial charge in [0.25, 0.3) is 5.91 Å². The van der Waals surface area contributed by atoms with E-state index >= 15 is 0 Å². The minimum absolute atomic E-state index is 0.00318. The van der Waals surface area contributed by atoms with Gasteiger partial charge in [-0.15, -0.1) is 0 Å². The van der Waals surface area contributed by atoms with Gasteiger partial charge in [0.05, 0.1) is 5.69 Å². The van der Waals surface area contributed by atoms with Crippen molar-refractivity contribution in [2.24, 2.45) is 0 Å². The fraction of sp³-hybridized carbons (Fsp3) is 0.200. The maximum atomic E-state index is 12.7. The number of nitrogens with zero attached hydrogens (tertiary/aromatic N) is 2. The van der Waals surface area contributed by atoms with Gasteiger partial charge in [0.15, 0.2) is 0 Å². The highest BCUT2D eigenvalue weighted by Gasteiger charge is 2.27. The molecule has 0 unspecified atom stereocenters. The lowest BCUT2D eigenvalue weighted by Crippen LogP contribution is -2.59. The number of hydrogen-bond acceptors (Lipinski definition) is 2. The molecule has 2 rings (SSSR count). The standard InChI is InChI=1S/C10H10FN3O2/c1-13-6-9(15)14(12-10(13)16)8-4-2-7(11)3-5-8/h2-5H,6H2,1H3,(H,12,16). The van der Waals surface area contributed by atoms with E-state index < -0.39 is 5.82 Å². The quantitative estimate of drug-likeness (QED) is 0.763. The maximum absolute atomic E-state index is 12.7. The van der Waals surface area contributed by atoms with Crippen molar-refractivity contribution in [3.63, 3.8) is 0 Å². The molecule has 1 aliphatic heterocycles. The van der Waals surface area contributed by atoms with Gasteiger partial charge in [0.1, 0.15) is 12.4 Å². The smallest absolute Gasteiger partial charge is 0.317 e. The summed E-state index contributed by atoms with van der Waals surface area (Å²) in [4.78, 5) is 24.2. The van der Waals surface area contributed by atoms with Crippen LogP contribution in [0.15, 0.2) is 24.3 Å². The van der Waals surface area contributed by atoms with Gasteiger partial charge in [0.2, 0.25) is 0 Å². The first kappa shape index (κ1) is 10.4. The molecule has 3 amide bonds. The number of hydrogen-bond donors (Lipinski definition) is 1. The van der Waals surface area contributed by atoms with Crippen molar-refractivity contribution in [1.82, 2.24) is 10.3 Å². The summed E-state index contributed by atoms with van der Waals surface area (Å²) in [6.45, 7) is 0.00318. The van der Waals surface area contributed by atoms with Crippen molar-refractivity contribution < 1.29 is 14.0 Å². The van der Waals surface area contributed by atoms with E-state index in [1.54, 1.807) is 0 Å². The minimum Gasteiger partial charge on any atom is -0.317 e. The minimum atomic E-state index is -0.392. The summed E-state index contributed by atoms with van der Waals surface area (Å²) in [6.07, 6.45) is 0. The van der Waals surface area contributed by atoms with E-state index in [0.717, 1.165) is 5.01 Å². The number of benzene rings is 1. The summed E-state index contributed by atoms with van der Waals surface area (Å²) in [5.74, 6) is -0.662. The first-order valence-corrected chi connectivity index (χ1v) is 4.68. The zero-order valence-corrected chi connectivity index (χ0v) is 8.61. The number of likely N-dealkylation sites (N-methyl/N-ethyl adjacent to an activating group) is 1. The first-order valence-electron chi connectivity index (χ1n) is 4.68. The summed E-state index contributed by atoms with van der Waals surface area (Å²) in [6, 6.07) is 4.95. The SMILES string of the molecule is CN1CC(=O)N(c2ccc(F)cc2)NC1=O. The zero-order chi connectivity index (χ0) is 11.7. The third-order valence-corrected chi connectivity index (χ3v) is 2.26. The van der Waals surface area contributed by atoms with Crippen LogP contribution < -0.4 is 10.4 Å². The van der Waals surface area contributed by atoms with Crippen LogP contribution in [0.5, 0.6) is 0 Å². The Labute approximate surface area is 91.4 Å². The molecule has 16 heavy (non-hydrogen) atoms. The summed E-state index contributed by atoms with van der Waals surface area (Å²) in [5.41, 5.74) is 2.84. The number of nitrogens with one attached hydrogen (secondary N) is 1. The van der Waals surface area contributed by atoms with E-state index in [2.05, 4.69) is 5.43 Å². The van der Waals surface area contributed by atoms with E-state index in [1.807, 2.05) is 0 Å². The average molecular weight is 223 g/mol. The molecule has 0 bridgehead atoms. The number of anilines is 1. The molecule has 0 aromatic heterocycles. The lowest BCUT2D eigenvalue weighted by atomic mass is 10.3. The Balaban J connectivity index is 2.24. The Kier molecular flexibility index (Phi) is 2.47. The lowest BCUT2D eigenvalue weighted by molar-refractivity contribution is -0.120. The number of halogens is 1. The highest BCUT2D eigenvalue weighted by atomic mass is 19.1. The van der Waals surface area contributed by atoms with Crippen LogP contribution in [0.25, 0.3) is 0 Å². The molecule has 1 fully saturated rings. The number of amides is 3. The molecule has 0 aliphatic carbocycles.